The first-order valence-corrected chi connectivity index (χ1v) is 8.07. The summed E-state index contributed by atoms with van der Waals surface area (Å²) in [6.45, 7) is 5.27. The maximum atomic E-state index is 11.5. The number of carboxylic acid groups (broad SMARTS) is 1. The van der Waals surface area contributed by atoms with Crippen LogP contribution in [0.4, 0.5) is 5.13 Å². The van der Waals surface area contributed by atoms with Gasteiger partial charge in [-0.15, -0.1) is 11.3 Å². The molecular formula is C14H21N3O3S. The third kappa shape index (κ3) is 4.50. The summed E-state index contributed by atoms with van der Waals surface area (Å²) in [5.41, 5.74) is 0.909. The van der Waals surface area contributed by atoms with E-state index in [4.69, 9.17) is 5.11 Å². The van der Waals surface area contributed by atoms with Gasteiger partial charge in [-0.1, -0.05) is 0 Å². The van der Waals surface area contributed by atoms with Crippen molar-refractivity contribution >= 4 is 28.3 Å². The summed E-state index contributed by atoms with van der Waals surface area (Å²) in [7, 11) is 0. The van der Waals surface area contributed by atoms with Gasteiger partial charge in [-0.05, 0) is 19.8 Å². The van der Waals surface area contributed by atoms with Crippen LogP contribution in [0.25, 0.3) is 0 Å². The van der Waals surface area contributed by atoms with Crippen LogP contribution in [-0.4, -0.2) is 46.0 Å². The number of rotatable bonds is 8. The van der Waals surface area contributed by atoms with E-state index in [1.807, 2.05) is 12.3 Å². The molecule has 6 nitrogen and oxygen atoms in total. The number of thiazole rings is 1. The lowest BCUT2D eigenvalue weighted by molar-refractivity contribution is -0.137. The van der Waals surface area contributed by atoms with Crippen LogP contribution in [0.1, 0.15) is 38.8 Å². The van der Waals surface area contributed by atoms with Gasteiger partial charge in [0.2, 0.25) is 5.91 Å². The Bertz CT molecular complexity index is 513. The summed E-state index contributed by atoms with van der Waals surface area (Å²) in [6.07, 6.45) is 2.41. The molecule has 1 amide bonds. The second-order valence-corrected chi connectivity index (χ2v) is 6.07. The Balaban J connectivity index is 1.99. The Hall–Kier alpha value is -1.47. The molecule has 1 aromatic rings. The van der Waals surface area contributed by atoms with Crippen LogP contribution < -0.4 is 4.90 Å². The van der Waals surface area contributed by atoms with Gasteiger partial charge in [0, 0.05) is 38.0 Å². The molecule has 0 atom stereocenters. The number of anilines is 1. The molecule has 1 aliphatic rings. The quantitative estimate of drug-likeness (QED) is 0.794. The van der Waals surface area contributed by atoms with Crippen molar-refractivity contribution in [2.45, 2.75) is 45.7 Å². The number of carbonyl (C=O) groups is 2. The molecule has 0 bridgehead atoms. The summed E-state index contributed by atoms with van der Waals surface area (Å²) < 4.78 is 0. The van der Waals surface area contributed by atoms with Gasteiger partial charge in [0.25, 0.3) is 0 Å². The van der Waals surface area contributed by atoms with Gasteiger partial charge in [0.05, 0.1) is 12.1 Å². The van der Waals surface area contributed by atoms with Crippen molar-refractivity contribution in [3.05, 3.63) is 11.1 Å². The van der Waals surface area contributed by atoms with E-state index in [1.54, 1.807) is 4.90 Å². The summed E-state index contributed by atoms with van der Waals surface area (Å²) in [4.78, 5) is 30.6. The van der Waals surface area contributed by atoms with Crippen molar-refractivity contribution in [1.29, 1.82) is 0 Å². The molecule has 1 aromatic heterocycles. The van der Waals surface area contributed by atoms with Crippen LogP contribution >= 0.6 is 11.3 Å². The SMILES string of the molecule is CCN(C(C)=O)c1nc(CN(CCC(=O)O)C2CC2)cs1. The van der Waals surface area contributed by atoms with Gasteiger partial charge in [-0.25, -0.2) is 4.98 Å². The first kappa shape index (κ1) is 15.9. The Kier molecular flexibility index (Phi) is 5.30. The molecule has 0 radical (unpaired) electrons. The Morgan fingerprint density at radius 1 is 1.48 bits per heavy atom. The van der Waals surface area contributed by atoms with Crippen LogP contribution in [0, 0.1) is 0 Å². The zero-order valence-corrected chi connectivity index (χ0v) is 13.2. The van der Waals surface area contributed by atoms with Crippen molar-refractivity contribution in [3.8, 4) is 0 Å². The summed E-state index contributed by atoms with van der Waals surface area (Å²) in [5.74, 6) is -0.781. The molecule has 2 rings (SSSR count). The fourth-order valence-electron chi connectivity index (χ4n) is 2.26. The Morgan fingerprint density at radius 2 is 2.19 bits per heavy atom. The number of hydrogen-bond donors (Lipinski definition) is 1. The van der Waals surface area contributed by atoms with E-state index in [-0.39, 0.29) is 12.3 Å². The van der Waals surface area contributed by atoms with E-state index in [0.717, 1.165) is 18.5 Å². The average Bonchev–Trinajstić information content (AvgIpc) is 3.16. The van der Waals surface area contributed by atoms with Crippen molar-refractivity contribution in [2.24, 2.45) is 0 Å². The van der Waals surface area contributed by atoms with Crippen molar-refractivity contribution in [3.63, 3.8) is 0 Å². The van der Waals surface area contributed by atoms with Gasteiger partial charge in [0.15, 0.2) is 5.13 Å². The molecule has 7 heteroatoms. The molecule has 0 saturated heterocycles. The predicted molar refractivity (Wildman–Crippen MR) is 81.5 cm³/mol. The molecule has 1 N–H and O–H groups in total. The molecule has 116 valence electrons. The third-order valence-electron chi connectivity index (χ3n) is 3.51. The van der Waals surface area contributed by atoms with E-state index in [2.05, 4.69) is 9.88 Å². The van der Waals surface area contributed by atoms with Crippen molar-refractivity contribution in [2.75, 3.05) is 18.0 Å². The molecule has 0 aliphatic heterocycles. The molecule has 1 aliphatic carbocycles. The van der Waals surface area contributed by atoms with Crippen molar-refractivity contribution < 1.29 is 14.7 Å². The second kappa shape index (κ2) is 7.00. The highest BCUT2D eigenvalue weighted by molar-refractivity contribution is 7.14. The molecule has 0 aromatic carbocycles. The molecular weight excluding hydrogens is 290 g/mol. The Morgan fingerprint density at radius 3 is 2.71 bits per heavy atom. The molecule has 1 fully saturated rings. The van der Waals surface area contributed by atoms with E-state index in [1.165, 1.54) is 18.3 Å². The highest BCUT2D eigenvalue weighted by Crippen LogP contribution is 2.29. The van der Waals surface area contributed by atoms with E-state index in [0.29, 0.717) is 30.8 Å². The topological polar surface area (TPSA) is 73.7 Å². The second-order valence-electron chi connectivity index (χ2n) is 5.23. The number of hydrogen-bond acceptors (Lipinski definition) is 5. The number of carboxylic acids is 1. The lowest BCUT2D eigenvalue weighted by Gasteiger charge is -2.20. The number of aliphatic carboxylic acids is 1. The lowest BCUT2D eigenvalue weighted by Crippen LogP contribution is -2.29. The fraction of sp³-hybridized carbons (Fsp3) is 0.643. The first-order chi connectivity index (χ1) is 10.0. The minimum atomic E-state index is -0.770. The van der Waals surface area contributed by atoms with Gasteiger partial charge in [-0.2, -0.15) is 0 Å². The van der Waals surface area contributed by atoms with Gasteiger partial charge < -0.3 is 5.11 Å². The highest BCUT2D eigenvalue weighted by atomic mass is 32.1. The maximum absolute atomic E-state index is 11.5. The normalized spacial score (nSPS) is 14.4. The number of carbonyl (C=O) groups excluding carboxylic acids is 1. The van der Waals surface area contributed by atoms with Crippen LogP contribution in [0.5, 0.6) is 0 Å². The summed E-state index contributed by atoms with van der Waals surface area (Å²) in [5, 5.41) is 11.5. The van der Waals surface area contributed by atoms with Crippen molar-refractivity contribution in [1.82, 2.24) is 9.88 Å². The zero-order valence-electron chi connectivity index (χ0n) is 12.4. The van der Waals surface area contributed by atoms with E-state index in [9.17, 15) is 9.59 Å². The lowest BCUT2D eigenvalue weighted by atomic mass is 10.3. The highest BCUT2D eigenvalue weighted by Gasteiger charge is 2.29. The van der Waals surface area contributed by atoms with Gasteiger partial charge >= 0.3 is 5.97 Å². The van der Waals surface area contributed by atoms with E-state index >= 15 is 0 Å². The molecule has 1 heterocycles. The largest absolute Gasteiger partial charge is 0.481 e. The summed E-state index contributed by atoms with van der Waals surface area (Å²) >= 11 is 1.46. The summed E-state index contributed by atoms with van der Waals surface area (Å²) in [6, 6.07) is 0.490. The smallest absolute Gasteiger partial charge is 0.304 e. The zero-order chi connectivity index (χ0) is 15.4. The Labute approximate surface area is 128 Å². The minimum absolute atomic E-state index is 0.0108. The molecule has 0 spiro atoms. The van der Waals surface area contributed by atoms with Crippen LogP contribution in [0.15, 0.2) is 5.38 Å². The average molecular weight is 311 g/mol. The molecule has 0 unspecified atom stereocenters. The number of aromatic nitrogens is 1. The number of nitrogens with zero attached hydrogens (tertiary/aromatic N) is 3. The third-order valence-corrected chi connectivity index (χ3v) is 4.42. The molecule has 21 heavy (non-hydrogen) atoms. The minimum Gasteiger partial charge on any atom is -0.481 e. The van der Waals surface area contributed by atoms with Crippen LogP contribution in [-0.2, 0) is 16.1 Å². The van der Waals surface area contributed by atoms with Gasteiger partial charge in [-0.3, -0.25) is 19.4 Å². The monoisotopic (exact) mass is 311 g/mol. The fourth-order valence-corrected chi connectivity index (χ4v) is 3.19. The molecule has 1 saturated carbocycles. The first-order valence-electron chi connectivity index (χ1n) is 7.19. The number of amides is 1. The van der Waals surface area contributed by atoms with Gasteiger partial charge in [0.1, 0.15) is 0 Å². The van der Waals surface area contributed by atoms with E-state index < -0.39 is 5.97 Å². The standard InChI is InChI=1S/C14H21N3O3S/c1-3-17(10(2)18)14-15-11(9-21-14)8-16(12-4-5-12)7-6-13(19)20/h9,12H,3-8H2,1-2H3,(H,19,20). The maximum Gasteiger partial charge on any atom is 0.304 e. The predicted octanol–water partition coefficient (Wildman–Crippen LogP) is 1.95. The van der Waals surface area contributed by atoms with Crippen LogP contribution in [0.2, 0.25) is 0 Å². The van der Waals surface area contributed by atoms with Crippen LogP contribution in [0.3, 0.4) is 0 Å².